The van der Waals surface area contributed by atoms with E-state index in [1.807, 2.05) is 30.3 Å². The molecule has 2 N–H and O–H groups in total. The molecule has 0 saturated carbocycles. The predicted octanol–water partition coefficient (Wildman–Crippen LogP) is 3.02. The normalized spacial score (nSPS) is 15.3. The van der Waals surface area contributed by atoms with Crippen LogP contribution in [0.15, 0.2) is 54.6 Å². The van der Waals surface area contributed by atoms with Gasteiger partial charge in [-0.2, -0.15) is 0 Å². The van der Waals surface area contributed by atoms with Gasteiger partial charge in [0.25, 0.3) is 5.91 Å². The molecule has 1 saturated heterocycles. The lowest BCUT2D eigenvalue weighted by atomic mass is 10.1. The number of amides is 2. The fraction of sp³-hybridized carbons (Fsp3) is 0.333. The standard InChI is InChI=1S/C21H24ClN3O2/c22-18-11-5-4-10-17(18)21(27)23-14-20(26)24-19(15-25-12-6-7-13-25)16-8-2-1-3-9-16/h1-5,8-11,19H,6-7,12-15H2,(H,23,27)(H,24,26). The molecule has 1 unspecified atom stereocenters. The van der Waals surface area contributed by atoms with E-state index in [1.165, 1.54) is 12.8 Å². The van der Waals surface area contributed by atoms with Crippen molar-refractivity contribution >= 4 is 23.4 Å². The zero-order valence-corrected chi connectivity index (χ0v) is 15.9. The minimum absolute atomic E-state index is 0.0899. The average molecular weight is 386 g/mol. The van der Waals surface area contributed by atoms with Crippen molar-refractivity contribution in [2.75, 3.05) is 26.2 Å². The number of carbonyl (C=O) groups is 2. The molecule has 3 rings (SSSR count). The van der Waals surface area contributed by atoms with Gasteiger partial charge in [0.05, 0.1) is 23.2 Å². The predicted molar refractivity (Wildman–Crippen MR) is 107 cm³/mol. The number of halogens is 1. The monoisotopic (exact) mass is 385 g/mol. The Labute approximate surface area is 164 Å². The number of likely N-dealkylation sites (tertiary alicyclic amines) is 1. The van der Waals surface area contributed by atoms with E-state index >= 15 is 0 Å². The Hall–Kier alpha value is -2.37. The maximum absolute atomic E-state index is 12.4. The summed E-state index contributed by atoms with van der Waals surface area (Å²) >= 11 is 6.03. The van der Waals surface area contributed by atoms with Crippen molar-refractivity contribution in [1.29, 1.82) is 0 Å². The van der Waals surface area contributed by atoms with Crippen molar-refractivity contribution in [3.8, 4) is 0 Å². The van der Waals surface area contributed by atoms with Crippen LogP contribution in [0, 0.1) is 0 Å². The van der Waals surface area contributed by atoms with Crippen LogP contribution in [0.5, 0.6) is 0 Å². The third-order valence-electron chi connectivity index (χ3n) is 4.70. The first-order valence-electron chi connectivity index (χ1n) is 9.23. The molecule has 6 heteroatoms. The molecule has 27 heavy (non-hydrogen) atoms. The van der Waals surface area contributed by atoms with Gasteiger partial charge < -0.3 is 15.5 Å². The molecule has 142 valence electrons. The minimum Gasteiger partial charge on any atom is -0.346 e. The van der Waals surface area contributed by atoms with E-state index < -0.39 is 0 Å². The Morgan fingerprint density at radius 2 is 1.67 bits per heavy atom. The number of nitrogens with zero attached hydrogens (tertiary/aromatic N) is 1. The molecule has 0 aliphatic carbocycles. The van der Waals surface area contributed by atoms with Crippen LogP contribution in [-0.4, -0.2) is 42.9 Å². The Morgan fingerprint density at radius 3 is 2.37 bits per heavy atom. The van der Waals surface area contributed by atoms with Crippen molar-refractivity contribution in [2.45, 2.75) is 18.9 Å². The summed E-state index contributed by atoms with van der Waals surface area (Å²) in [4.78, 5) is 27.0. The number of benzene rings is 2. The molecule has 5 nitrogen and oxygen atoms in total. The van der Waals surface area contributed by atoms with Gasteiger partial charge >= 0.3 is 0 Å². The van der Waals surface area contributed by atoms with E-state index in [4.69, 9.17) is 11.6 Å². The fourth-order valence-corrected chi connectivity index (χ4v) is 3.51. The Balaban J connectivity index is 1.58. The molecule has 0 spiro atoms. The zero-order chi connectivity index (χ0) is 19.1. The molecular weight excluding hydrogens is 362 g/mol. The average Bonchev–Trinajstić information content (AvgIpc) is 3.20. The highest BCUT2D eigenvalue weighted by molar-refractivity contribution is 6.33. The molecule has 2 aromatic carbocycles. The van der Waals surface area contributed by atoms with Crippen LogP contribution in [0.1, 0.15) is 34.8 Å². The molecule has 1 fully saturated rings. The highest BCUT2D eigenvalue weighted by Crippen LogP contribution is 2.18. The number of carbonyl (C=O) groups excluding carboxylic acids is 2. The first kappa shape index (κ1) is 19.4. The van der Waals surface area contributed by atoms with Crippen molar-refractivity contribution in [1.82, 2.24) is 15.5 Å². The van der Waals surface area contributed by atoms with E-state index in [9.17, 15) is 9.59 Å². The Bertz CT molecular complexity index is 776. The lowest BCUT2D eigenvalue weighted by Gasteiger charge is -2.25. The van der Waals surface area contributed by atoms with Gasteiger partial charge in [0, 0.05) is 6.54 Å². The molecule has 2 amide bonds. The molecule has 0 bridgehead atoms. The van der Waals surface area contributed by atoms with E-state index in [0.29, 0.717) is 10.6 Å². The lowest BCUT2D eigenvalue weighted by Crippen LogP contribution is -2.42. The minimum atomic E-state index is -0.355. The molecular formula is C21H24ClN3O2. The molecule has 2 aromatic rings. The Morgan fingerprint density at radius 1 is 1.00 bits per heavy atom. The summed E-state index contributed by atoms with van der Waals surface area (Å²) in [5.74, 6) is -0.574. The molecule has 0 radical (unpaired) electrons. The maximum Gasteiger partial charge on any atom is 0.253 e. The van der Waals surface area contributed by atoms with Crippen molar-refractivity contribution < 1.29 is 9.59 Å². The van der Waals surface area contributed by atoms with Crippen molar-refractivity contribution in [3.05, 3.63) is 70.7 Å². The summed E-state index contributed by atoms with van der Waals surface area (Å²) in [6, 6.07) is 16.6. The smallest absolute Gasteiger partial charge is 0.253 e. The fourth-order valence-electron chi connectivity index (χ4n) is 3.29. The second kappa shape index (κ2) is 9.53. The summed E-state index contributed by atoms with van der Waals surface area (Å²) in [5, 5.41) is 6.06. The van der Waals surface area contributed by atoms with Gasteiger partial charge in [0.1, 0.15) is 0 Å². The third-order valence-corrected chi connectivity index (χ3v) is 5.03. The quantitative estimate of drug-likeness (QED) is 0.770. The van der Waals surface area contributed by atoms with Crippen molar-refractivity contribution in [2.24, 2.45) is 0 Å². The van der Waals surface area contributed by atoms with E-state index in [-0.39, 0.29) is 24.4 Å². The molecule has 1 aliphatic heterocycles. The van der Waals surface area contributed by atoms with Gasteiger partial charge in [0.15, 0.2) is 0 Å². The third kappa shape index (κ3) is 5.55. The molecule has 1 atom stereocenters. The van der Waals surface area contributed by atoms with Crippen molar-refractivity contribution in [3.63, 3.8) is 0 Å². The highest BCUT2D eigenvalue weighted by atomic mass is 35.5. The van der Waals surface area contributed by atoms with Gasteiger partial charge in [-0.25, -0.2) is 0 Å². The van der Waals surface area contributed by atoms with Gasteiger partial charge in [-0.15, -0.1) is 0 Å². The number of hydrogen-bond donors (Lipinski definition) is 2. The van der Waals surface area contributed by atoms with E-state index in [1.54, 1.807) is 24.3 Å². The number of rotatable bonds is 7. The summed E-state index contributed by atoms with van der Waals surface area (Å²) in [5.41, 5.74) is 1.43. The highest BCUT2D eigenvalue weighted by Gasteiger charge is 2.21. The number of hydrogen-bond acceptors (Lipinski definition) is 3. The van der Waals surface area contributed by atoms with Crippen LogP contribution < -0.4 is 10.6 Å². The topological polar surface area (TPSA) is 61.4 Å². The van der Waals surface area contributed by atoms with Gasteiger partial charge in [-0.1, -0.05) is 54.1 Å². The van der Waals surface area contributed by atoms with Crippen LogP contribution in [-0.2, 0) is 4.79 Å². The zero-order valence-electron chi connectivity index (χ0n) is 15.2. The van der Waals surface area contributed by atoms with E-state index in [2.05, 4.69) is 15.5 Å². The van der Waals surface area contributed by atoms with Gasteiger partial charge in [0.2, 0.25) is 5.91 Å². The second-order valence-corrected chi connectivity index (χ2v) is 7.11. The number of nitrogens with one attached hydrogen (secondary N) is 2. The molecule has 0 aromatic heterocycles. The SMILES string of the molecule is O=C(CNC(=O)c1ccccc1Cl)NC(CN1CCCC1)c1ccccc1. The summed E-state index contributed by atoms with van der Waals surface area (Å²) in [6.45, 7) is 2.80. The largest absolute Gasteiger partial charge is 0.346 e. The molecule has 1 heterocycles. The first-order chi connectivity index (χ1) is 13.1. The summed E-state index contributed by atoms with van der Waals surface area (Å²) in [6.07, 6.45) is 2.40. The van der Waals surface area contributed by atoms with Gasteiger partial charge in [-0.3, -0.25) is 9.59 Å². The van der Waals surface area contributed by atoms with Crippen LogP contribution in [0.3, 0.4) is 0 Å². The lowest BCUT2D eigenvalue weighted by molar-refractivity contribution is -0.121. The van der Waals surface area contributed by atoms with E-state index in [0.717, 1.165) is 25.2 Å². The van der Waals surface area contributed by atoms with Crippen LogP contribution >= 0.6 is 11.6 Å². The van der Waals surface area contributed by atoms with Crippen LogP contribution in [0.4, 0.5) is 0 Å². The maximum atomic E-state index is 12.4. The summed E-state index contributed by atoms with van der Waals surface area (Å²) < 4.78 is 0. The molecule has 1 aliphatic rings. The summed E-state index contributed by atoms with van der Waals surface area (Å²) in [7, 11) is 0. The van der Waals surface area contributed by atoms with Crippen LogP contribution in [0.25, 0.3) is 0 Å². The first-order valence-corrected chi connectivity index (χ1v) is 9.60. The second-order valence-electron chi connectivity index (χ2n) is 6.70. The Kier molecular flexibility index (Phi) is 6.85. The van der Waals surface area contributed by atoms with Gasteiger partial charge in [-0.05, 0) is 43.6 Å². The van der Waals surface area contributed by atoms with Crippen LogP contribution in [0.2, 0.25) is 5.02 Å².